The molecule has 0 aromatic heterocycles. The molecule has 7 heteroatoms. The van der Waals surface area contributed by atoms with Crippen LogP contribution in [0.3, 0.4) is 0 Å². The van der Waals surface area contributed by atoms with Gasteiger partial charge >= 0.3 is 17.9 Å². The lowest BCUT2D eigenvalue weighted by atomic mass is 9.88. The summed E-state index contributed by atoms with van der Waals surface area (Å²) in [6.07, 6.45) is 0. The number of nitrogens with two attached hydrogens (primary N) is 1. The van der Waals surface area contributed by atoms with Gasteiger partial charge in [0.2, 0.25) is 0 Å². The first-order chi connectivity index (χ1) is 7.36. The van der Waals surface area contributed by atoms with E-state index in [1.807, 2.05) is 0 Å². The summed E-state index contributed by atoms with van der Waals surface area (Å²) in [4.78, 5) is 33.3. The maximum Gasteiger partial charge on any atom is 0.320 e. The molecule has 0 aliphatic rings. The summed E-state index contributed by atoms with van der Waals surface area (Å²) in [6, 6.07) is -1.34. The van der Waals surface area contributed by atoms with Crippen molar-refractivity contribution in [2.75, 3.05) is 14.2 Å². The molecule has 0 radical (unpaired) electrons. The third-order valence-corrected chi connectivity index (χ3v) is 2.29. The summed E-state index contributed by atoms with van der Waals surface area (Å²) in [6.45, 7) is 1.37. The number of rotatable bonds is 5. The quantitative estimate of drug-likeness (QED) is 0.462. The average Bonchev–Trinajstić information content (AvgIpc) is 2.27. The van der Waals surface area contributed by atoms with E-state index in [-0.39, 0.29) is 0 Å². The van der Waals surface area contributed by atoms with E-state index in [9.17, 15) is 14.4 Å². The normalized spacial score (nSPS) is 14.1. The van der Waals surface area contributed by atoms with E-state index in [1.54, 1.807) is 0 Å². The molecule has 0 amide bonds. The van der Waals surface area contributed by atoms with Crippen LogP contribution in [-0.2, 0) is 23.9 Å². The fourth-order valence-corrected chi connectivity index (χ4v) is 1.21. The number of hydrogen-bond acceptors (Lipinski definition) is 6. The lowest BCUT2D eigenvalue weighted by Gasteiger charge is -2.22. The number of carboxylic acids is 1. The first kappa shape index (κ1) is 14.4. The molecular weight excluding hydrogens is 218 g/mol. The molecular formula is C9H15NO6. The van der Waals surface area contributed by atoms with Crippen molar-refractivity contribution in [3.05, 3.63) is 0 Å². The predicted octanol–water partition coefficient (Wildman–Crippen LogP) is -1.00. The standard InChI is InChI=1S/C9H15NO6/c1-4(6(10)7(11)12)5(8(13)15-2)9(14)16-3/h4-6H,10H2,1-3H3,(H,11,12)/t4-,6-/m0/s1. The maximum atomic E-state index is 11.3. The van der Waals surface area contributed by atoms with Gasteiger partial charge in [0.1, 0.15) is 6.04 Å². The smallest absolute Gasteiger partial charge is 0.320 e. The van der Waals surface area contributed by atoms with Gasteiger partial charge in [-0.3, -0.25) is 14.4 Å². The van der Waals surface area contributed by atoms with Gasteiger partial charge in [-0.05, 0) is 0 Å². The van der Waals surface area contributed by atoms with Crippen molar-refractivity contribution in [3.63, 3.8) is 0 Å². The van der Waals surface area contributed by atoms with Crippen LogP contribution in [0.5, 0.6) is 0 Å². The molecule has 0 fully saturated rings. The molecule has 0 heterocycles. The molecule has 0 rings (SSSR count). The van der Waals surface area contributed by atoms with Crippen molar-refractivity contribution in [1.29, 1.82) is 0 Å². The Morgan fingerprint density at radius 1 is 1.12 bits per heavy atom. The minimum atomic E-state index is -1.34. The van der Waals surface area contributed by atoms with Gasteiger partial charge in [0.05, 0.1) is 14.2 Å². The minimum absolute atomic E-state index is 0.865. The number of aliphatic carboxylic acids is 1. The second kappa shape index (κ2) is 6.06. The van der Waals surface area contributed by atoms with Crippen LogP contribution in [0, 0.1) is 11.8 Å². The van der Waals surface area contributed by atoms with Crippen LogP contribution < -0.4 is 5.73 Å². The Labute approximate surface area is 92.5 Å². The van der Waals surface area contributed by atoms with Crippen LogP contribution in [0.2, 0.25) is 0 Å². The van der Waals surface area contributed by atoms with Crippen molar-refractivity contribution in [3.8, 4) is 0 Å². The van der Waals surface area contributed by atoms with Crippen LogP contribution in [0.15, 0.2) is 0 Å². The highest BCUT2D eigenvalue weighted by Crippen LogP contribution is 2.18. The molecule has 0 saturated carbocycles. The van der Waals surface area contributed by atoms with Crippen LogP contribution in [0.4, 0.5) is 0 Å². The molecule has 3 N–H and O–H groups in total. The first-order valence-corrected chi connectivity index (χ1v) is 4.50. The molecule has 92 valence electrons. The molecule has 0 bridgehead atoms. The number of carbonyl (C=O) groups is 3. The van der Waals surface area contributed by atoms with E-state index < -0.39 is 35.8 Å². The fraction of sp³-hybridized carbons (Fsp3) is 0.667. The zero-order chi connectivity index (χ0) is 12.9. The van der Waals surface area contributed by atoms with Crippen molar-refractivity contribution < 1.29 is 29.0 Å². The zero-order valence-electron chi connectivity index (χ0n) is 9.30. The third-order valence-electron chi connectivity index (χ3n) is 2.29. The Kier molecular flexibility index (Phi) is 5.44. The van der Waals surface area contributed by atoms with E-state index in [1.165, 1.54) is 6.92 Å². The summed E-state index contributed by atoms with van der Waals surface area (Å²) in [5, 5.41) is 8.68. The summed E-state index contributed by atoms with van der Waals surface area (Å²) >= 11 is 0. The van der Waals surface area contributed by atoms with Gasteiger partial charge < -0.3 is 20.3 Å². The summed E-state index contributed by atoms with van der Waals surface area (Å²) in [7, 11) is 2.19. The minimum Gasteiger partial charge on any atom is -0.480 e. The van der Waals surface area contributed by atoms with Gasteiger partial charge in [-0.25, -0.2) is 0 Å². The molecule has 16 heavy (non-hydrogen) atoms. The Morgan fingerprint density at radius 2 is 1.50 bits per heavy atom. The van der Waals surface area contributed by atoms with Crippen molar-refractivity contribution in [2.45, 2.75) is 13.0 Å². The van der Waals surface area contributed by atoms with E-state index in [2.05, 4.69) is 9.47 Å². The average molecular weight is 233 g/mol. The first-order valence-electron chi connectivity index (χ1n) is 4.50. The van der Waals surface area contributed by atoms with Gasteiger partial charge in [0.25, 0.3) is 0 Å². The van der Waals surface area contributed by atoms with Crippen molar-refractivity contribution >= 4 is 17.9 Å². The molecule has 0 aliphatic heterocycles. The number of esters is 2. The summed E-state index contributed by atoms with van der Waals surface area (Å²) < 4.78 is 8.80. The Hall–Kier alpha value is -1.63. The largest absolute Gasteiger partial charge is 0.480 e. The lowest BCUT2D eigenvalue weighted by molar-refractivity contribution is -0.162. The fourth-order valence-electron chi connectivity index (χ4n) is 1.21. The van der Waals surface area contributed by atoms with E-state index >= 15 is 0 Å². The van der Waals surface area contributed by atoms with Gasteiger partial charge in [-0.15, -0.1) is 0 Å². The topological polar surface area (TPSA) is 116 Å². The molecule has 0 aromatic carbocycles. The SMILES string of the molecule is COC(=O)C(C(=O)OC)[C@H](C)[C@H](N)C(=O)O. The van der Waals surface area contributed by atoms with Crippen LogP contribution in [0.1, 0.15) is 6.92 Å². The van der Waals surface area contributed by atoms with Crippen molar-refractivity contribution in [1.82, 2.24) is 0 Å². The number of carbonyl (C=O) groups excluding carboxylic acids is 2. The van der Waals surface area contributed by atoms with E-state index in [0.29, 0.717) is 0 Å². The monoisotopic (exact) mass is 233 g/mol. The van der Waals surface area contributed by atoms with Gasteiger partial charge in [-0.1, -0.05) is 6.92 Å². The maximum absolute atomic E-state index is 11.3. The van der Waals surface area contributed by atoms with Crippen molar-refractivity contribution in [2.24, 2.45) is 17.6 Å². The van der Waals surface area contributed by atoms with Gasteiger partial charge in [0.15, 0.2) is 5.92 Å². The van der Waals surface area contributed by atoms with Crippen LogP contribution in [0.25, 0.3) is 0 Å². The Bertz CT molecular complexity index is 274. The Morgan fingerprint density at radius 3 is 1.75 bits per heavy atom. The number of hydrogen-bond donors (Lipinski definition) is 2. The highest BCUT2D eigenvalue weighted by atomic mass is 16.5. The second-order valence-electron chi connectivity index (χ2n) is 3.25. The molecule has 0 aliphatic carbocycles. The second-order valence-corrected chi connectivity index (χ2v) is 3.25. The predicted molar refractivity (Wildman–Crippen MR) is 52.3 cm³/mol. The summed E-state index contributed by atoms with van der Waals surface area (Å²) in [5.74, 6) is -5.28. The third kappa shape index (κ3) is 3.20. The van der Waals surface area contributed by atoms with Crippen LogP contribution in [-0.4, -0.2) is 43.3 Å². The molecule has 0 spiro atoms. The van der Waals surface area contributed by atoms with E-state index in [4.69, 9.17) is 10.8 Å². The number of carboxylic acid groups (broad SMARTS) is 1. The molecule has 0 aromatic rings. The zero-order valence-corrected chi connectivity index (χ0v) is 9.30. The highest BCUT2D eigenvalue weighted by molar-refractivity contribution is 5.96. The molecule has 0 saturated heterocycles. The number of methoxy groups -OCH3 is 2. The van der Waals surface area contributed by atoms with Crippen LogP contribution >= 0.6 is 0 Å². The highest BCUT2D eigenvalue weighted by Gasteiger charge is 2.39. The lowest BCUT2D eigenvalue weighted by Crippen LogP contribution is -2.45. The molecule has 7 nitrogen and oxygen atoms in total. The molecule has 2 atom stereocenters. The van der Waals surface area contributed by atoms with Gasteiger partial charge in [-0.2, -0.15) is 0 Å². The molecule has 0 unspecified atom stereocenters. The number of ether oxygens (including phenoxy) is 2. The van der Waals surface area contributed by atoms with Gasteiger partial charge in [0, 0.05) is 5.92 Å². The Balaban J connectivity index is 4.96. The summed E-state index contributed by atoms with van der Waals surface area (Å²) in [5.41, 5.74) is 5.33. The van der Waals surface area contributed by atoms with E-state index in [0.717, 1.165) is 14.2 Å².